The number of hydrogen-bond donors (Lipinski definition) is 3. The number of carbonyl (C=O) groups is 2. The first-order chi connectivity index (χ1) is 14.8. The molecule has 0 radical (unpaired) electrons. The second-order valence-electron chi connectivity index (χ2n) is 6.79. The van der Waals surface area contributed by atoms with E-state index in [-0.39, 0.29) is 18.1 Å². The van der Waals surface area contributed by atoms with Gasteiger partial charge in [0.05, 0.1) is 5.56 Å². The van der Waals surface area contributed by atoms with Crippen LogP contribution in [0.5, 0.6) is 5.75 Å². The zero-order chi connectivity index (χ0) is 22.4. The first-order valence-corrected chi connectivity index (χ1v) is 10.5. The normalized spacial score (nSPS) is 10.4. The van der Waals surface area contributed by atoms with Gasteiger partial charge in [-0.25, -0.2) is 4.79 Å². The van der Waals surface area contributed by atoms with Crippen molar-refractivity contribution < 1.29 is 19.4 Å². The third-order valence-corrected chi connectivity index (χ3v) is 5.33. The van der Waals surface area contributed by atoms with Crippen LogP contribution in [0.1, 0.15) is 21.5 Å². The summed E-state index contributed by atoms with van der Waals surface area (Å²) in [7, 11) is 0. The molecule has 0 aliphatic rings. The smallest absolute Gasteiger partial charge is 0.335 e. The lowest BCUT2D eigenvalue weighted by Gasteiger charge is -2.14. The molecular formula is C23H20BrClN2O4. The third kappa shape index (κ3) is 6.47. The fourth-order valence-corrected chi connectivity index (χ4v) is 3.39. The zero-order valence-electron chi connectivity index (χ0n) is 16.6. The summed E-state index contributed by atoms with van der Waals surface area (Å²) in [4.78, 5) is 23.4. The maximum atomic E-state index is 12.3. The second kappa shape index (κ2) is 10.3. The number of ether oxygens (including phenoxy) is 1. The van der Waals surface area contributed by atoms with Gasteiger partial charge in [-0.3, -0.25) is 4.79 Å². The number of rotatable bonds is 8. The van der Waals surface area contributed by atoms with E-state index in [2.05, 4.69) is 26.6 Å². The highest BCUT2D eigenvalue weighted by atomic mass is 79.9. The number of carboxylic acid groups (broad SMARTS) is 1. The van der Waals surface area contributed by atoms with E-state index >= 15 is 0 Å². The Hall–Kier alpha value is -3.03. The van der Waals surface area contributed by atoms with Crippen LogP contribution < -0.4 is 15.4 Å². The van der Waals surface area contributed by atoms with Gasteiger partial charge in [0.1, 0.15) is 5.75 Å². The van der Waals surface area contributed by atoms with Gasteiger partial charge in [-0.15, -0.1) is 0 Å². The average molecular weight is 504 g/mol. The number of amides is 1. The van der Waals surface area contributed by atoms with E-state index in [4.69, 9.17) is 21.4 Å². The van der Waals surface area contributed by atoms with Gasteiger partial charge >= 0.3 is 5.97 Å². The van der Waals surface area contributed by atoms with Gasteiger partial charge in [0.15, 0.2) is 6.61 Å². The van der Waals surface area contributed by atoms with E-state index < -0.39 is 5.97 Å². The molecule has 3 rings (SSSR count). The number of hydrogen-bond acceptors (Lipinski definition) is 4. The summed E-state index contributed by atoms with van der Waals surface area (Å²) < 4.78 is 6.59. The van der Waals surface area contributed by atoms with Crippen molar-refractivity contribution in [2.45, 2.75) is 13.5 Å². The van der Waals surface area contributed by atoms with Crippen molar-refractivity contribution in [3.63, 3.8) is 0 Å². The van der Waals surface area contributed by atoms with E-state index in [9.17, 15) is 9.59 Å². The van der Waals surface area contributed by atoms with Crippen molar-refractivity contribution in [1.29, 1.82) is 0 Å². The minimum absolute atomic E-state index is 0.172. The molecule has 0 aliphatic carbocycles. The minimum Gasteiger partial charge on any atom is -0.483 e. The number of carboxylic acids is 1. The molecule has 0 bridgehead atoms. The molecule has 0 spiro atoms. The second-order valence-corrected chi connectivity index (χ2v) is 8.12. The first kappa shape index (κ1) is 22.7. The Morgan fingerprint density at radius 1 is 1.06 bits per heavy atom. The highest BCUT2D eigenvalue weighted by Gasteiger charge is 2.10. The molecule has 160 valence electrons. The van der Waals surface area contributed by atoms with Crippen LogP contribution in [0, 0.1) is 6.92 Å². The Kier molecular flexibility index (Phi) is 7.55. The Labute approximate surface area is 193 Å². The van der Waals surface area contributed by atoms with Gasteiger partial charge in [-0.05, 0) is 61.0 Å². The van der Waals surface area contributed by atoms with Gasteiger partial charge in [-0.1, -0.05) is 39.7 Å². The fourth-order valence-electron chi connectivity index (χ4n) is 2.80. The SMILES string of the molecule is Cc1ccc(NC(=O)COc2ccc(Br)cc2CNc2cccc(C(=O)O)c2)cc1Cl. The Balaban J connectivity index is 1.64. The summed E-state index contributed by atoms with van der Waals surface area (Å²) >= 11 is 9.53. The number of nitrogens with one attached hydrogen (secondary N) is 2. The summed E-state index contributed by atoms with van der Waals surface area (Å²) in [6.45, 7) is 2.10. The molecule has 3 aromatic rings. The molecule has 31 heavy (non-hydrogen) atoms. The largest absolute Gasteiger partial charge is 0.483 e. The fraction of sp³-hybridized carbons (Fsp3) is 0.130. The zero-order valence-corrected chi connectivity index (χ0v) is 19.0. The lowest BCUT2D eigenvalue weighted by molar-refractivity contribution is -0.118. The summed E-state index contributed by atoms with van der Waals surface area (Å²) in [5.74, 6) is -0.755. The van der Waals surface area contributed by atoms with Crippen LogP contribution in [-0.2, 0) is 11.3 Å². The Bertz CT molecular complexity index is 1120. The van der Waals surface area contributed by atoms with Crippen LogP contribution in [0.15, 0.2) is 65.1 Å². The van der Waals surface area contributed by atoms with Crippen LogP contribution in [0.4, 0.5) is 11.4 Å². The van der Waals surface area contributed by atoms with E-state index in [1.165, 1.54) is 6.07 Å². The number of benzene rings is 3. The van der Waals surface area contributed by atoms with Crippen LogP contribution in [0.3, 0.4) is 0 Å². The van der Waals surface area contributed by atoms with Gasteiger partial charge in [0, 0.05) is 33.0 Å². The first-order valence-electron chi connectivity index (χ1n) is 9.36. The van der Waals surface area contributed by atoms with E-state index in [1.54, 1.807) is 36.4 Å². The molecule has 3 aromatic carbocycles. The highest BCUT2D eigenvalue weighted by molar-refractivity contribution is 9.10. The number of aryl methyl sites for hydroxylation is 1. The summed E-state index contributed by atoms with van der Waals surface area (Å²) in [5.41, 5.74) is 3.20. The van der Waals surface area contributed by atoms with E-state index in [0.29, 0.717) is 28.7 Å². The monoisotopic (exact) mass is 502 g/mol. The van der Waals surface area contributed by atoms with Crippen molar-refractivity contribution in [2.24, 2.45) is 0 Å². The molecule has 0 heterocycles. The van der Waals surface area contributed by atoms with Gasteiger partial charge in [0.2, 0.25) is 0 Å². The molecule has 3 N–H and O–H groups in total. The predicted octanol–water partition coefficient (Wildman–Crippen LogP) is 5.74. The molecule has 0 saturated heterocycles. The lowest BCUT2D eigenvalue weighted by atomic mass is 10.1. The van der Waals surface area contributed by atoms with Crippen molar-refractivity contribution in [3.8, 4) is 5.75 Å². The summed E-state index contributed by atoms with van der Waals surface area (Å²) in [5, 5.41) is 15.6. The lowest BCUT2D eigenvalue weighted by Crippen LogP contribution is -2.20. The van der Waals surface area contributed by atoms with Crippen molar-refractivity contribution >= 4 is 50.8 Å². The number of aromatic carboxylic acids is 1. The number of carbonyl (C=O) groups excluding carboxylic acids is 1. The predicted molar refractivity (Wildman–Crippen MR) is 125 cm³/mol. The molecule has 0 unspecified atom stereocenters. The molecule has 6 nitrogen and oxygen atoms in total. The maximum absolute atomic E-state index is 12.3. The molecule has 0 aromatic heterocycles. The molecule has 0 saturated carbocycles. The average Bonchev–Trinajstić information content (AvgIpc) is 2.74. The van der Waals surface area contributed by atoms with Crippen LogP contribution in [-0.4, -0.2) is 23.6 Å². The molecule has 1 amide bonds. The third-order valence-electron chi connectivity index (χ3n) is 4.43. The minimum atomic E-state index is -0.990. The topological polar surface area (TPSA) is 87.7 Å². The molecule has 8 heteroatoms. The number of anilines is 2. The molecule has 0 fully saturated rings. The van der Waals surface area contributed by atoms with Crippen molar-refractivity contribution in [1.82, 2.24) is 0 Å². The van der Waals surface area contributed by atoms with E-state index in [0.717, 1.165) is 15.6 Å². The van der Waals surface area contributed by atoms with Crippen LogP contribution >= 0.6 is 27.5 Å². The molecule has 0 atom stereocenters. The van der Waals surface area contributed by atoms with Crippen molar-refractivity contribution in [3.05, 3.63) is 86.8 Å². The van der Waals surface area contributed by atoms with Crippen molar-refractivity contribution in [2.75, 3.05) is 17.2 Å². The number of halogens is 2. The van der Waals surface area contributed by atoms with Gasteiger partial charge in [0.25, 0.3) is 5.91 Å². The summed E-state index contributed by atoms with van der Waals surface area (Å²) in [6, 6.07) is 17.3. The van der Waals surface area contributed by atoms with Gasteiger partial charge < -0.3 is 20.5 Å². The van der Waals surface area contributed by atoms with Crippen LogP contribution in [0.2, 0.25) is 5.02 Å². The standard InChI is InChI=1S/C23H20BrClN2O4/c1-14-5-7-19(11-20(14)25)27-22(28)13-31-21-8-6-17(24)9-16(21)12-26-18-4-2-3-15(10-18)23(29)30/h2-11,26H,12-13H2,1H3,(H,27,28)(H,29,30). The van der Waals surface area contributed by atoms with Gasteiger partial charge in [-0.2, -0.15) is 0 Å². The van der Waals surface area contributed by atoms with Crippen LogP contribution in [0.25, 0.3) is 0 Å². The Morgan fingerprint density at radius 3 is 2.61 bits per heavy atom. The van der Waals surface area contributed by atoms with E-state index in [1.807, 2.05) is 25.1 Å². The molecule has 0 aliphatic heterocycles. The quantitative estimate of drug-likeness (QED) is 0.365. The summed E-state index contributed by atoms with van der Waals surface area (Å²) in [6.07, 6.45) is 0. The maximum Gasteiger partial charge on any atom is 0.335 e. The molecular weight excluding hydrogens is 484 g/mol. The highest BCUT2D eigenvalue weighted by Crippen LogP contribution is 2.25. The Morgan fingerprint density at radius 2 is 1.87 bits per heavy atom.